The number of aromatic nitrogens is 3. The molecule has 1 unspecified atom stereocenters. The molecule has 0 amide bonds. The summed E-state index contributed by atoms with van der Waals surface area (Å²) >= 11 is 0. The van der Waals surface area contributed by atoms with E-state index in [1.807, 2.05) is 16.8 Å². The molecule has 0 spiro atoms. The van der Waals surface area contributed by atoms with Crippen LogP contribution >= 0.6 is 0 Å². The lowest BCUT2D eigenvalue weighted by Crippen LogP contribution is -2.11. The Bertz CT molecular complexity index is 1090. The van der Waals surface area contributed by atoms with Gasteiger partial charge < -0.3 is 0 Å². The molecule has 0 aliphatic heterocycles. The molecule has 0 saturated heterocycles. The highest BCUT2D eigenvalue weighted by atomic mass is 19.1. The van der Waals surface area contributed by atoms with Crippen molar-refractivity contribution in [2.24, 2.45) is 5.92 Å². The monoisotopic (exact) mass is 356 g/mol. The van der Waals surface area contributed by atoms with Crippen molar-refractivity contribution in [2.45, 2.75) is 18.8 Å². The van der Waals surface area contributed by atoms with Gasteiger partial charge in [-0.1, -0.05) is 24.3 Å². The van der Waals surface area contributed by atoms with E-state index in [4.69, 9.17) is 4.98 Å². The predicted octanol–water partition coefficient (Wildman–Crippen LogP) is 4.87. The number of nitrogens with zero attached hydrogens (tertiary/aromatic N) is 3. The van der Waals surface area contributed by atoms with Crippen molar-refractivity contribution in [3.63, 3.8) is 0 Å². The molecular weight excluding hydrogens is 337 g/mol. The Balaban J connectivity index is 1.57. The summed E-state index contributed by atoms with van der Waals surface area (Å²) in [6.45, 7) is 4.48. The first-order valence-corrected chi connectivity index (χ1v) is 9.18. The second-order valence-electron chi connectivity index (χ2n) is 7.20. The Morgan fingerprint density at radius 2 is 1.74 bits per heavy atom. The van der Waals surface area contributed by atoms with Crippen LogP contribution in [0.25, 0.3) is 16.9 Å². The van der Waals surface area contributed by atoms with Gasteiger partial charge in [0.2, 0.25) is 0 Å². The molecule has 0 N–H and O–H groups in total. The van der Waals surface area contributed by atoms with Crippen LogP contribution in [0.4, 0.5) is 4.39 Å². The highest BCUT2D eigenvalue weighted by molar-refractivity contribution is 5.65. The van der Waals surface area contributed by atoms with E-state index in [-0.39, 0.29) is 11.7 Å². The van der Waals surface area contributed by atoms with E-state index < -0.39 is 0 Å². The van der Waals surface area contributed by atoms with Gasteiger partial charge in [0.25, 0.3) is 0 Å². The van der Waals surface area contributed by atoms with Crippen molar-refractivity contribution in [3.8, 4) is 11.4 Å². The fraction of sp³-hybridized carbons (Fsp3) is 0.174. The number of rotatable bonds is 3. The van der Waals surface area contributed by atoms with Crippen molar-refractivity contribution in [3.05, 3.63) is 96.7 Å². The molecule has 1 atom stereocenters. The van der Waals surface area contributed by atoms with Gasteiger partial charge in [0.05, 0.1) is 17.4 Å². The smallest absolute Gasteiger partial charge is 0.144 e. The highest BCUT2D eigenvalue weighted by Crippen LogP contribution is 2.38. The average Bonchev–Trinajstić information content (AvgIpc) is 3.30. The van der Waals surface area contributed by atoms with Crippen LogP contribution in [0.15, 0.2) is 67.1 Å². The molecule has 4 heteroatoms. The van der Waals surface area contributed by atoms with Gasteiger partial charge in [0, 0.05) is 23.9 Å². The third kappa shape index (κ3) is 2.72. The topological polar surface area (TPSA) is 30.2 Å². The van der Waals surface area contributed by atoms with Crippen molar-refractivity contribution in [1.82, 2.24) is 14.4 Å². The minimum absolute atomic E-state index is 0.0609. The molecule has 0 saturated carbocycles. The fourth-order valence-electron chi connectivity index (χ4n) is 4.14. The Morgan fingerprint density at radius 1 is 1.04 bits per heavy atom. The van der Waals surface area contributed by atoms with Gasteiger partial charge >= 0.3 is 0 Å². The molecule has 0 fully saturated rings. The maximum absolute atomic E-state index is 13.3. The average molecular weight is 356 g/mol. The van der Waals surface area contributed by atoms with Crippen LogP contribution in [0.2, 0.25) is 0 Å². The summed E-state index contributed by atoms with van der Waals surface area (Å²) < 4.78 is 15.4. The molecule has 2 aromatic heterocycles. The molecule has 1 aliphatic carbocycles. The van der Waals surface area contributed by atoms with Gasteiger partial charge in [0.1, 0.15) is 11.6 Å². The van der Waals surface area contributed by atoms with Crippen molar-refractivity contribution in [1.29, 1.82) is 0 Å². The summed E-state index contributed by atoms with van der Waals surface area (Å²) in [5, 5.41) is 0. The van der Waals surface area contributed by atoms with E-state index in [1.54, 1.807) is 18.3 Å². The number of hydrogen-bond donors (Lipinski definition) is 0. The minimum Gasteiger partial charge on any atom is -0.296 e. The molecular formula is C23H19FN3. The predicted molar refractivity (Wildman–Crippen MR) is 104 cm³/mol. The summed E-state index contributed by atoms with van der Waals surface area (Å²) in [4.78, 5) is 9.23. The lowest BCUT2D eigenvalue weighted by atomic mass is 9.88. The molecule has 2 aromatic carbocycles. The first kappa shape index (κ1) is 16.2. The molecule has 5 rings (SSSR count). The van der Waals surface area contributed by atoms with Crippen LogP contribution in [-0.4, -0.2) is 14.4 Å². The van der Waals surface area contributed by atoms with E-state index in [0.717, 1.165) is 35.4 Å². The van der Waals surface area contributed by atoms with Gasteiger partial charge in [-0.15, -0.1) is 0 Å². The summed E-state index contributed by atoms with van der Waals surface area (Å²) in [6.07, 6.45) is 7.54. The normalized spacial score (nSPS) is 15.2. The number of halogens is 1. The number of hydrogen-bond acceptors (Lipinski definition) is 2. The maximum Gasteiger partial charge on any atom is 0.144 e. The first-order chi connectivity index (χ1) is 13.2. The summed E-state index contributed by atoms with van der Waals surface area (Å²) in [5.74, 6) is 1.03. The van der Waals surface area contributed by atoms with Gasteiger partial charge in [0.15, 0.2) is 0 Å². The molecule has 4 aromatic rings. The van der Waals surface area contributed by atoms with Crippen molar-refractivity contribution < 1.29 is 4.39 Å². The number of fused-ring (bicyclic) bond motifs is 2. The molecule has 2 heterocycles. The second-order valence-corrected chi connectivity index (χ2v) is 7.20. The molecule has 0 bridgehead atoms. The number of benzene rings is 2. The highest BCUT2D eigenvalue weighted by Gasteiger charge is 2.30. The van der Waals surface area contributed by atoms with E-state index >= 15 is 0 Å². The quantitative estimate of drug-likeness (QED) is 0.524. The SMILES string of the molecule is [CH2]C(c1nc(-c2ccc(F)cc2)n2ccncc12)C1Cc2ccccc2C1. The molecule has 27 heavy (non-hydrogen) atoms. The molecule has 133 valence electrons. The zero-order valence-corrected chi connectivity index (χ0v) is 14.8. The number of imidazole rings is 1. The summed E-state index contributed by atoms with van der Waals surface area (Å²) in [5.41, 5.74) is 5.63. The van der Waals surface area contributed by atoms with Gasteiger partial charge in [-0.2, -0.15) is 0 Å². The largest absolute Gasteiger partial charge is 0.296 e. The van der Waals surface area contributed by atoms with Crippen molar-refractivity contribution >= 4 is 5.52 Å². The van der Waals surface area contributed by atoms with E-state index in [9.17, 15) is 4.39 Å². The van der Waals surface area contributed by atoms with Crippen LogP contribution in [-0.2, 0) is 12.8 Å². The van der Waals surface area contributed by atoms with Gasteiger partial charge in [-0.25, -0.2) is 9.37 Å². The van der Waals surface area contributed by atoms with E-state index in [0.29, 0.717) is 5.92 Å². The second kappa shape index (κ2) is 6.31. The van der Waals surface area contributed by atoms with Crippen molar-refractivity contribution in [2.75, 3.05) is 0 Å². The molecule has 3 nitrogen and oxygen atoms in total. The zero-order valence-electron chi connectivity index (χ0n) is 14.8. The zero-order chi connectivity index (χ0) is 18.4. The third-order valence-electron chi connectivity index (χ3n) is 5.58. The Kier molecular flexibility index (Phi) is 3.78. The summed E-state index contributed by atoms with van der Waals surface area (Å²) in [6, 6.07) is 15.1. The first-order valence-electron chi connectivity index (χ1n) is 9.18. The Morgan fingerprint density at radius 3 is 2.44 bits per heavy atom. The molecule has 1 radical (unpaired) electrons. The lowest BCUT2D eigenvalue weighted by molar-refractivity contribution is 0.497. The van der Waals surface area contributed by atoms with Crippen LogP contribution in [0, 0.1) is 18.7 Å². The standard InChI is InChI=1S/C23H19FN3/c1-15(19-12-17-4-2-3-5-18(17)13-19)22-21-14-25-10-11-27(21)23(26-22)16-6-8-20(24)9-7-16/h2-11,14-15,19H,1,12-13H2. The maximum atomic E-state index is 13.3. The Labute approximate surface area is 157 Å². The van der Waals surface area contributed by atoms with Crippen LogP contribution in [0.3, 0.4) is 0 Å². The van der Waals surface area contributed by atoms with Gasteiger partial charge in [-0.3, -0.25) is 9.38 Å². The van der Waals surface area contributed by atoms with E-state index in [1.165, 1.54) is 23.3 Å². The summed E-state index contributed by atoms with van der Waals surface area (Å²) in [7, 11) is 0. The van der Waals surface area contributed by atoms with Crippen LogP contribution < -0.4 is 0 Å². The lowest BCUT2D eigenvalue weighted by Gasteiger charge is -2.17. The van der Waals surface area contributed by atoms with Gasteiger partial charge in [-0.05, 0) is 61.1 Å². The third-order valence-corrected chi connectivity index (χ3v) is 5.58. The van der Waals surface area contributed by atoms with E-state index in [2.05, 4.69) is 36.2 Å². The molecule has 1 aliphatic rings. The minimum atomic E-state index is -0.250. The fourth-order valence-corrected chi connectivity index (χ4v) is 4.14. The van der Waals surface area contributed by atoms with Crippen LogP contribution in [0.1, 0.15) is 22.7 Å². The van der Waals surface area contributed by atoms with Crippen LogP contribution in [0.5, 0.6) is 0 Å². The Hall–Kier alpha value is -3.01.